The van der Waals surface area contributed by atoms with E-state index in [1.54, 1.807) is 21.9 Å². The first-order valence-corrected chi connectivity index (χ1v) is 24.7. The summed E-state index contributed by atoms with van der Waals surface area (Å²) >= 11 is 0. The quantitative estimate of drug-likeness (QED) is 0.114. The second kappa shape index (κ2) is 24.0. The molecular formula is C53H76N10O6. The maximum Gasteiger partial charge on any atom is 0.314 e. The number of primary amides is 1. The number of H-pyrrole nitrogens is 1. The second-order valence-corrected chi connectivity index (χ2v) is 20.4. The Bertz CT molecular complexity index is 2280. The number of nitrogens with one attached hydrogen (secondary N) is 2. The predicted octanol–water partition coefficient (Wildman–Crippen LogP) is 4.85. The number of aromatic hydroxyl groups is 1. The van der Waals surface area contributed by atoms with Crippen LogP contribution in [0.4, 0.5) is 10.6 Å². The fraction of sp³-hybridized carbons (Fsp3) is 0.547. The van der Waals surface area contributed by atoms with Crippen LogP contribution in [0.25, 0.3) is 11.8 Å². The van der Waals surface area contributed by atoms with Gasteiger partial charge in [-0.05, 0) is 112 Å². The summed E-state index contributed by atoms with van der Waals surface area (Å²) in [4.78, 5) is 60.3. The molecule has 0 aliphatic carbocycles. The molecule has 16 nitrogen and oxygen atoms in total. The molecule has 4 saturated heterocycles. The first-order valence-electron chi connectivity index (χ1n) is 24.7. The molecule has 0 spiro atoms. The van der Waals surface area contributed by atoms with Crippen molar-refractivity contribution in [1.29, 1.82) is 0 Å². The van der Waals surface area contributed by atoms with E-state index in [4.69, 9.17) is 23.6 Å². The van der Waals surface area contributed by atoms with E-state index in [0.29, 0.717) is 81.0 Å². The first kappa shape index (κ1) is 52.4. The van der Waals surface area contributed by atoms with E-state index in [1.165, 1.54) is 11.3 Å². The highest BCUT2D eigenvalue weighted by atomic mass is 16.3. The lowest BCUT2D eigenvalue weighted by Gasteiger charge is -2.46. The van der Waals surface area contributed by atoms with E-state index in [1.807, 2.05) is 42.5 Å². The van der Waals surface area contributed by atoms with Crippen LogP contribution in [-0.4, -0.2) is 141 Å². The minimum absolute atomic E-state index is 0.0123. The summed E-state index contributed by atoms with van der Waals surface area (Å²) in [6.45, 7) is 16.2. The van der Waals surface area contributed by atoms with Gasteiger partial charge >= 0.3 is 6.03 Å². The number of para-hydroxylation sites is 1. The molecular weight excluding hydrogens is 873 g/mol. The number of likely N-dealkylation sites (tertiary alicyclic amines) is 4. The molecule has 0 saturated carbocycles. The topological polar surface area (TPSA) is 231 Å². The summed E-state index contributed by atoms with van der Waals surface area (Å²) < 4.78 is 0. The summed E-state index contributed by atoms with van der Waals surface area (Å²) in [6.07, 6.45) is 15.4. The molecule has 5 aliphatic rings. The van der Waals surface area contributed by atoms with Gasteiger partial charge < -0.3 is 57.3 Å². The van der Waals surface area contributed by atoms with Crippen LogP contribution in [-0.2, 0) is 27.3 Å². The lowest BCUT2D eigenvalue weighted by atomic mass is 9.90. The Morgan fingerprint density at radius 1 is 0.855 bits per heavy atom. The summed E-state index contributed by atoms with van der Waals surface area (Å²) in [5.74, 6) is 3.74. The molecule has 5 aliphatic heterocycles. The molecule has 6 heterocycles. The molecule has 1 aromatic heterocycles. The smallest absolute Gasteiger partial charge is 0.314 e. The molecule has 374 valence electrons. The van der Waals surface area contributed by atoms with Crippen LogP contribution in [0.1, 0.15) is 119 Å². The number of carbonyl (C=O) groups excluding carboxylic acids is 4. The van der Waals surface area contributed by atoms with Crippen molar-refractivity contribution in [3.8, 4) is 18.1 Å². The fourth-order valence-corrected chi connectivity index (χ4v) is 10.5. The van der Waals surface area contributed by atoms with Crippen LogP contribution in [0.3, 0.4) is 0 Å². The van der Waals surface area contributed by atoms with Crippen molar-refractivity contribution in [2.24, 2.45) is 22.8 Å². The minimum Gasteiger partial charge on any atom is -0.507 e. The summed E-state index contributed by atoms with van der Waals surface area (Å²) in [5, 5.41) is 22.1. The number of phenolic OH excluding ortho intramolecular Hbond substituents is 1. The number of hydrogen-bond acceptors (Lipinski definition) is 10. The molecule has 4 fully saturated rings. The zero-order valence-corrected chi connectivity index (χ0v) is 41.2. The lowest BCUT2D eigenvalue weighted by Crippen LogP contribution is -2.53. The molecule has 10 N–H and O–H groups in total. The van der Waals surface area contributed by atoms with E-state index < -0.39 is 0 Å². The van der Waals surface area contributed by atoms with Gasteiger partial charge in [-0.2, -0.15) is 0 Å². The summed E-state index contributed by atoms with van der Waals surface area (Å²) in [6, 6.07) is 15.5. The molecule has 2 aromatic carbocycles. The number of aliphatic hydroxyl groups excluding tert-OH is 1. The number of β-amino-alcohol motifs (C(OH)–C–C–N with tert-alkyl or cyclic N) is 1. The number of benzene rings is 2. The van der Waals surface area contributed by atoms with Crippen molar-refractivity contribution >= 4 is 41.8 Å². The largest absolute Gasteiger partial charge is 0.507 e. The number of carbonyl (C=O) groups is 4. The number of aromatic amines is 1. The van der Waals surface area contributed by atoms with Gasteiger partial charge in [0.05, 0.1) is 6.10 Å². The Labute approximate surface area is 408 Å². The standard InChI is InChI=1S/C33H48N8O3.C10H19NO2.C10H9NO/c1-21-30-26(20-27(34)25-4-2-3-5-29(25)42)31(35)37-28(30)12-19-41(21)24-10-15-38(16-11-24)23-8-17-39(18-9-23)32(43)22-6-13-40(14-7-22)33(36)44;1-10(2,3)6-9(13)11-5-4-8(12)7-11;1-2-9-3-5-10(6-4-9)7-11-8-12/h2-5,20-24,37,42H,6-19,34-35H2,1H3,(H2,36,44);8,12H,4-7H2,1-3H3;1,3-6,8H,7H2,(H,11,12)/b27-20-;;. The number of urea groups is 1. The van der Waals surface area contributed by atoms with E-state index in [-0.39, 0.29) is 47.1 Å². The van der Waals surface area contributed by atoms with Gasteiger partial charge in [0.15, 0.2) is 0 Å². The number of hydrogen-bond donors (Lipinski definition) is 7. The zero-order valence-electron chi connectivity index (χ0n) is 41.2. The van der Waals surface area contributed by atoms with Crippen molar-refractivity contribution < 1.29 is 29.4 Å². The van der Waals surface area contributed by atoms with Crippen molar-refractivity contribution in [1.82, 2.24) is 34.8 Å². The van der Waals surface area contributed by atoms with E-state index in [0.717, 1.165) is 94.5 Å². The van der Waals surface area contributed by atoms with E-state index in [2.05, 4.69) is 58.6 Å². The highest BCUT2D eigenvalue weighted by molar-refractivity contribution is 5.86. The highest BCUT2D eigenvalue weighted by Crippen LogP contribution is 2.40. The van der Waals surface area contributed by atoms with Gasteiger partial charge in [-0.3, -0.25) is 19.3 Å². The van der Waals surface area contributed by atoms with E-state index in [9.17, 15) is 29.4 Å². The Hall–Kier alpha value is -6.02. The maximum atomic E-state index is 13.2. The molecule has 69 heavy (non-hydrogen) atoms. The van der Waals surface area contributed by atoms with Gasteiger partial charge in [0.2, 0.25) is 18.2 Å². The van der Waals surface area contributed by atoms with Crippen LogP contribution in [0.2, 0.25) is 0 Å². The Kier molecular flexibility index (Phi) is 18.2. The van der Waals surface area contributed by atoms with Crippen molar-refractivity contribution in [3.63, 3.8) is 0 Å². The number of amides is 5. The van der Waals surface area contributed by atoms with Crippen molar-refractivity contribution in [2.75, 3.05) is 64.6 Å². The molecule has 2 atom stereocenters. The van der Waals surface area contributed by atoms with Gasteiger partial charge in [0.25, 0.3) is 0 Å². The third-order valence-corrected chi connectivity index (χ3v) is 14.4. The van der Waals surface area contributed by atoms with Crippen LogP contribution >= 0.6 is 0 Å². The number of fused-ring (bicyclic) bond motifs is 1. The van der Waals surface area contributed by atoms with Crippen LogP contribution in [0.5, 0.6) is 5.75 Å². The number of aliphatic hydroxyl groups is 1. The maximum absolute atomic E-state index is 13.2. The molecule has 0 bridgehead atoms. The fourth-order valence-electron chi connectivity index (χ4n) is 10.5. The molecule has 16 heteroatoms. The number of aromatic nitrogens is 1. The van der Waals surface area contributed by atoms with Crippen LogP contribution in [0.15, 0.2) is 48.5 Å². The van der Waals surface area contributed by atoms with Gasteiger partial charge in [-0.15, -0.1) is 6.42 Å². The third-order valence-electron chi connectivity index (χ3n) is 14.4. The van der Waals surface area contributed by atoms with Crippen molar-refractivity contribution in [3.05, 3.63) is 82.0 Å². The Balaban J connectivity index is 0.000000254. The normalized spacial score (nSPS) is 21.0. The lowest BCUT2D eigenvalue weighted by molar-refractivity contribution is -0.138. The third kappa shape index (κ3) is 14.0. The van der Waals surface area contributed by atoms with Crippen molar-refractivity contribution in [2.45, 2.75) is 116 Å². The number of terminal acetylenes is 1. The molecule has 3 aromatic rings. The minimum atomic E-state index is -0.387. The second-order valence-electron chi connectivity index (χ2n) is 20.4. The summed E-state index contributed by atoms with van der Waals surface area (Å²) in [5.41, 5.74) is 24.7. The number of anilines is 1. The predicted molar refractivity (Wildman–Crippen MR) is 271 cm³/mol. The molecule has 0 radical (unpaired) electrons. The van der Waals surface area contributed by atoms with Gasteiger partial charge in [-0.25, -0.2) is 4.79 Å². The Morgan fingerprint density at radius 3 is 2.06 bits per heavy atom. The monoisotopic (exact) mass is 949 g/mol. The molecule has 5 amide bonds. The number of nitrogens with two attached hydrogens (primary N) is 3. The number of nitrogen functional groups attached to an aromatic ring is 1. The van der Waals surface area contributed by atoms with Crippen LogP contribution in [0, 0.1) is 23.7 Å². The Morgan fingerprint density at radius 2 is 1.48 bits per heavy atom. The van der Waals surface area contributed by atoms with Crippen LogP contribution < -0.4 is 22.5 Å². The van der Waals surface area contributed by atoms with Gasteiger partial charge in [-0.1, -0.05) is 51.0 Å². The average Bonchev–Trinajstić information content (AvgIpc) is 3.93. The average molecular weight is 949 g/mol. The van der Waals surface area contributed by atoms with Gasteiger partial charge in [0.1, 0.15) is 11.6 Å². The van der Waals surface area contributed by atoms with E-state index >= 15 is 0 Å². The SMILES string of the molecule is C#Cc1ccc(CNC=O)cc1.CC(C)(C)CC(=O)N1CCC(O)C1.CC1c2c([nH]c(N)c2/C=C(\N)c2ccccc2O)CCN1C1CCN(C2CCN(C(=O)C3CCN(C(N)=O)CC3)CC2)CC1. The van der Waals surface area contributed by atoms with Gasteiger partial charge in [0, 0.05) is 117 Å². The number of piperidine rings is 3. The zero-order chi connectivity index (χ0) is 49.8. The molecule has 2 unspecified atom stereocenters. The number of nitrogens with zero attached hydrogens (tertiary/aromatic N) is 5. The summed E-state index contributed by atoms with van der Waals surface area (Å²) in [7, 11) is 0. The highest BCUT2D eigenvalue weighted by Gasteiger charge is 2.38. The number of rotatable bonds is 9. The molecule has 8 rings (SSSR count). The number of phenols is 1. The first-order chi connectivity index (χ1) is 33.0.